The van der Waals surface area contributed by atoms with E-state index in [-0.39, 0.29) is 43.5 Å². The fourth-order valence-electron chi connectivity index (χ4n) is 6.45. The molecular formula is C26H40N2O6. The summed E-state index contributed by atoms with van der Waals surface area (Å²) in [6, 6.07) is -0.905. The lowest BCUT2D eigenvalue weighted by molar-refractivity contribution is -0.161. The zero-order valence-corrected chi connectivity index (χ0v) is 21.0. The van der Waals surface area contributed by atoms with Crippen molar-refractivity contribution in [2.75, 3.05) is 26.3 Å². The van der Waals surface area contributed by atoms with E-state index in [1.807, 2.05) is 20.8 Å². The van der Waals surface area contributed by atoms with Gasteiger partial charge in [0.25, 0.3) is 0 Å². The van der Waals surface area contributed by atoms with Gasteiger partial charge in [0.05, 0.1) is 11.5 Å². The monoisotopic (exact) mass is 476 g/mol. The molecule has 7 atom stereocenters. The van der Waals surface area contributed by atoms with Crippen LogP contribution in [0.3, 0.4) is 0 Å². The number of aliphatic hydroxyl groups is 1. The summed E-state index contributed by atoms with van der Waals surface area (Å²) in [5.41, 5.74) is -2.01. The second-order valence-corrected chi connectivity index (χ2v) is 10.1. The third kappa shape index (κ3) is 3.98. The first-order valence-corrected chi connectivity index (χ1v) is 12.4. The predicted octanol–water partition coefficient (Wildman–Crippen LogP) is 2.31. The van der Waals surface area contributed by atoms with Crippen molar-refractivity contribution in [3.63, 3.8) is 0 Å². The highest BCUT2D eigenvalue weighted by Crippen LogP contribution is 2.65. The van der Waals surface area contributed by atoms with Gasteiger partial charge in [0.2, 0.25) is 11.8 Å². The molecule has 3 fully saturated rings. The van der Waals surface area contributed by atoms with Crippen molar-refractivity contribution in [2.45, 2.75) is 76.7 Å². The molecule has 1 spiro atoms. The fraction of sp³-hybridized carbons (Fsp3) is 0.731. The van der Waals surface area contributed by atoms with Crippen molar-refractivity contribution in [3.05, 3.63) is 25.3 Å². The number of ether oxygens (including phenoxy) is 2. The maximum Gasteiger partial charge on any atom is 0.313 e. The Labute approximate surface area is 202 Å². The van der Waals surface area contributed by atoms with Gasteiger partial charge in [-0.3, -0.25) is 14.4 Å². The Morgan fingerprint density at radius 2 is 2.09 bits per heavy atom. The van der Waals surface area contributed by atoms with Gasteiger partial charge in [-0.15, -0.1) is 6.58 Å². The number of esters is 1. The predicted molar refractivity (Wildman–Crippen MR) is 128 cm³/mol. The van der Waals surface area contributed by atoms with Gasteiger partial charge in [-0.2, -0.15) is 0 Å². The summed E-state index contributed by atoms with van der Waals surface area (Å²) >= 11 is 0. The molecule has 8 nitrogen and oxygen atoms in total. The first-order valence-electron chi connectivity index (χ1n) is 12.4. The average molecular weight is 477 g/mol. The number of fused-ring (bicyclic) bond motifs is 1. The molecule has 2 bridgehead atoms. The molecular weight excluding hydrogens is 436 g/mol. The van der Waals surface area contributed by atoms with E-state index in [2.05, 4.69) is 20.1 Å². The summed E-state index contributed by atoms with van der Waals surface area (Å²) in [4.78, 5) is 44.5. The molecule has 190 valence electrons. The largest absolute Gasteiger partial charge is 0.461 e. The van der Waals surface area contributed by atoms with Crippen LogP contribution >= 0.6 is 0 Å². The average Bonchev–Trinajstić information content (AvgIpc) is 3.30. The Morgan fingerprint density at radius 3 is 2.68 bits per heavy atom. The minimum absolute atomic E-state index is 0.0410. The van der Waals surface area contributed by atoms with Crippen LogP contribution < -0.4 is 0 Å². The third-order valence-electron chi connectivity index (χ3n) is 8.05. The smallest absolute Gasteiger partial charge is 0.313 e. The Balaban J connectivity index is 2.09. The molecule has 0 radical (unpaired) electrons. The van der Waals surface area contributed by atoms with Crippen LogP contribution in [0.25, 0.3) is 0 Å². The second-order valence-electron chi connectivity index (χ2n) is 10.1. The molecule has 2 amide bonds. The molecule has 8 heteroatoms. The highest BCUT2D eigenvalue weighted by molar-refractivity contribution is 5.98. The molecule has 3 saturated heterocycles. The Morgan fingerprint density at radius 1 is 1.38 bits per heavy atom. The first-order chi connectivity index (χ1) is 16.1. The summed E-state index contributed by atoms with van der Waals surface area (Å²) in [5.74, 6) is -2.61. The van der Waals surface area contributed by atoms with E-state index in [1.165, 1.54) is 6.08 Å². The Hall–Kier alpha value is -2.19. The van der Waals surface area contributed by atoms with Crippen LogP contribution in [0, 0.1) is 17.8 Å². The molecule has 0 aromatic rings. The number of nitrogens with zero attached hydrogens (tertiary/aromatic N) is 2. The molecule has 4 unspecified atom stereocenters. The SMILES string of the molecule is C=CCOC(=O)[C@H]1[C@H]2C(=O)N(CCCO)C(C(=O)N(CC=C)C(C)CCC)C23CC(C)[C@]1(C)O3. The van der Waals surface area contributed by atoms with E-state index in [9.17, 15) is 19.5 Å². The fourth-order valence-corrected chi connectivity index (χ4v) is 6.45. The van der Waals surface area contributed by atoms with Crippen LogP contribution in [0.1, 0.15) is 53.4 Å². The number of rotatable bonds is 12. The molecule has 3 rings (SSSR count). The molecule has 34 heavy (non-hydrogen) atoms. The van der Waals surface area contributed by atoms with Crippen molar-refractivity contribution in [1.82, 2.24) is 9.80 Å². The van der Waals surface area contributed by atoms with Crippen molar-refractivity contribution >= 4 is 17.8 Å². The number of carbonyl (C=O) groups excluding carboxylic acids is 3. The van der Waals surface area contributed by atoms with Crippen molar-refractivity contribution in [2.24, 2.45) is 17.8 Å². The lowest BCUT2D eigenvalue weighted by atomic mass is 9.62. The second kappa shape index (κ2) is 10.2. The Bertz CT molecular complexity index is 830. The molecule has 3 aliphatic rings. The van der Waals surface area contributed by atoms with Gasteiger partial charge in [-0.25, -0.2) is 0 Å². The van der Waals surface area contributed by atoms with E-state index in [1.54, 1.807) is 15.9 Å². The van der Waals surface area contributed by atoms with Gasteiger partial charge >= 0.3 is 5.97 Å². The summed E-state index contributed by atoms with van der Waals surface area (Å²) in [7, 11) is 0. The van der Waals surface area contributed by atoms with Crippen LogP contribution in [0.4, 0.5) is 0 Å². The Kier molecular flexibility index (Phi) is 7.92. The number of hydrogen-bond donors (Lipinski definition) is 1. The van der Waals surface area contributed by atoms with Crippen LogP contribution in [-0.4, -0.2) is 82.3 Å². The van der Waals surface area contributed by atoms with Gasteiger partial charge in [-0.1, -0.05) is 39.0 Å². The lowest BCUT2D eigenvalue weighted by Gasteiger charge is -2.39. The van der Waals surface area contributed by atoms with Crippen LogP contribution in [-0.2, 0) is 23.9 Å². The highest BCUT2D eigenvalue weighted by Gasteiger charge is 2.80. The van der Waals surface area contributed by atoms with Crippen molar-refractivity contribution in [3.8, 4) is 0 Å². The third-order valence-corrected chi connectivity index (χ3v) is 8.05. The van der Waals surface area contributed by atoms with E-state index in [0.29, 0.717) is 19.4 Å². The number of carbonyl (C=O) groups is 3. The number of aliphatic hydroxyl groups excluding tert-OH is 1. The zero-order chi connectivity index (χ0) is 25.3. The summed E-state index contributed by atoms with van der Waals surface area (Å²) in [5, 5.41) is 9.48. The molecule has 3 heterocycles. The van der Waals surface area contributed by atoms with Crippen LogP contribution in [0.15, 0.2) is 25.3 Å². The minimum atomic E-state index is -1.11. The van der Waals surface area contributed by atoms with Crippen LogP contribution in [0.2, 0.25) is 0 Å². The van der Waals surface area contributed by atoms with Gasteiger partial charge in [0.1, 0.15) is 24.2 Å². The normalized spacial score (nSPS) is 34.6. The lowest BCUT2D eigenvalue weighted by Crippen LogP contribution is -2.58. The maximum atomic E-state index is 14.2. The standard InChI is InChI=1S/C26H40N2O6/c1-7-11-18(5)27(12-8-2)23(31)21-26-16-17(4)25(6,34-26)20(24(32)33-15-9-3)19(26)22(30)28(21)13-10-14-29/h8-9,17-21,29H,2-3,7,10-16H2,1,4-6H3/t17?,18?,19-,20+,21?,25-,26?/m0/s1. The van der Waals surface area contributed by atoms with Crippen molar-refractivity contribution < 1.29 is 29.0 Å². The van der Waals surface area contributed by atoms with E-state index < -0.39 is 35.0 Å². The van der Waals surface area contributed by atoms with Crippen LogP contribution in [0.5, 0.6) is 0 Å². The van der Waals surface area contributed by atoms with Gasteiger partial charge in [0, 0.05) is 25.7 Å². The summed E-state index contributed by atoms with van der Waals surface area (Å²) in [6.07, 6.45) is 5.76. The van der Waals surface area contributed by atoms with Crippen molar-refractivity contribution in [1.29, 1.82) is 0 Å². The van der Waals surface area contributed by atoms with E-state index in [0.717, 1.165) is 12.8 Å². The van der Waals surface area contributed by atoms with Gasteiger partial charge < -0.3 is 24.4 Å². The molecule has 0 saturated carbocycles. The topological polar surface area (TPSA) is 96.4 Å². The number of hydrogen-bond acceptors (Lipinski definition) is 6. The molecule has 3 aliphatic heterocycles. The first kappa shape index (κ1) is 26.4. The number of amides is 2. The maximum absolute atomic E-state index is 14.2. The molecule has 0 aromatic heterocycles. The molecule has 0 aromatic carbocycles. The van der Waals surface area contributed by atoms with Gasteiger partial charge in [0.15, 0.2) is 0 Å². The minimum Gasteiger partial charge on any atom is -0.461 e. The van der Waals surface area contributed by atoms with E-state index >= 15 is 0 Å². The molecule has 0 aliphatic carbocycles. The summed E-state index contributed by atoms with van der Waals surface area (Å²) in [6.45, 7) is 15.9. The van der Waals surface area contributed by atoms with E-state index in [4.69, 9.17) is 9.47 Å². The van der Waals surface area contributed by atoms with Gasteiger partial charge in [-0.05, 0) is 39.0 Å². The molecule has 1 N–H and O–H groups in total. The quantitative estimate of drug-likeness (QED) is 0.343. The summed E-state index contributed by atoms with van der Waals surface area (Å²) < 4.78 is 12.1. The number of likely N-dealkylation sites (tertiary alicyclic amines) is 1. The zero-order valence-electron chi connectivity index (χ0n) is 21.0. The highest BCUT2D eigenvalue weighted by atomic mass is 16.6.